The molecule has 0 aliphatic rings. The molecular formula is C12H13BrFNO2. The lowest BCUT2D eigenvalue weighted by molar-refractivity contribution is -0.138. The molecule has 0 saturated heterocycles. The number of carbonyl (C=O) groups is 1. The molecule has 0 bridgehead atoms. The summed E-state index contributed by atoms with van der Waals surface area (Å²) in [6, 6.07) is 4.63. The van der Waals surface area contributed by atoms with Crippen LogP contribution < -0.4 is 5.32 Å². The van der Waals surface area contributed by atoms with E-state index in [1.807, 2.05) is 0 Å². The van der Waals surface area contributed by atoms with E-state index in [4.69, 9.17) is 4.74 Å². The predicted octanol–water partition coefficient (Wildman–Crippen LogP) is 3.12. The third kappa shape index (κ3) is 3.85. The second-order valence-corrected chi connectivity index (χ2v) is 4.13. The van der Waals surface area contributed by atoms with Crippen molar-refractivity contribution in [1.29, 1.82) is 0 Å². The molecule has 92 valence electrons. The van der Waals surface area contributed by atoms with Crippen molar-refractivity contribution in [3.63, 3.8) is 0 Å². The topological polar surface area (TPSA) is 38.3 Å². The fraction of sp³-hybridized carbons (Fsp3) is 0.250. The number of anilines is 1. The van der Waals surface area contributed by atoms with E-state index in [0.29, 0.717) is 16.8 Å². The molecule has 5 heteroatoms. The molecule has 3 nitrogen and oxygen atoms in total. The van der Waals surface area contributed by atoms with Crippen LogP contribution >= 0.6 is 15.9 Å². The summed E-state index contributed by atoms with van der Waals surface area (Å²) in [5.41, 5.74) is 0.556. The summed E-state index contributed by atoms with van der Waals surface area (Å²) in [4.78, 5) is 11.3. The number of halogens is 2. The summed E-state index contributed by atoms with van der Waals surface area (Å²) >= 11 is 3.22. The van der Waals surface area contributed by atoms with Crippen LogP contribution in [0, 0.1) is 5.82 Å². The van der Waals surface area contributed by atoms with Gasteiger partial charge in [-0.25, -0.2) is 9.18 Å². The predicted molar refractivity (Wildman–Crippen MR) is 68.4 cm³/mol. The second-order valence-electron chi connectivity index (χ2n) is 3.27. The molecule has 0 aliphatic heterocycles. The number of para-hydroxylation sites is 1. The summed E-state index contributed by atoms with van der Waals surface area (Å²) in [5, 5.41) is 2.80. The van der Waals surface area contributed by atoms with Crippen LogP contribution in [0.5, 0.6) is 0 Å². The van der Waals surface area contributed by atoms with Gasteiger partial charge < -0.3 is 10.1 Å². The van der Waals surface area contributed by atoms with Crippen LogP contribution in [0.4, 0.5) is 10.1 Å². The first-order valence-corrected chi connectivity index (χ1v) is 5.88. The minimum absolute atomic E-state index is 0.137. The SMILES string of the molecule is C=C(CNc1c(F)cccc1Br)C(=O)OCC. The molecule has 0 aromatic heterocycles. The third-order valence-electron chi connectivity index (χ3n) is 2.01. The van der Waals surface area contributed by atoms with E-state index < -0.39 is 11.8 Å². The van der Waals surface area contributed by atoms with Crippen LogP contribution in [0.1, 0.15) is 6.92 Å². The Bertz CT molecular complexity index is 414. The number of hydrogen-bond acceptors (Lipinski definition) is 3. The quantitative estimate of drug-likeness (QED) is 0.671. The average molecular weight is 302 g/mol. The van der Waals surface area contributed by atoms with Gasteiger partial charge in [0.05, 0.1) is 12.3 Å². The molecular weight excluding hydrogens is 289 g/mol. The van der Waals surface area contributed by atoms with E-state index in [9.17, 15) is 9.18 Å². The maximum Gasteiger partial charge on any atom is 0.335 e. The highest BCUT2D eigenvalue weighted by Crippen LogP contribution is 2.25. The van der Waals surface area contributed by atoms with E-state index in [0.717, 1.165) is 0 Å². The fourth-order valence-corrected chi connectivity index (χ4v) is 1.65. The fourth-order valence-electron chi connectivity index (χ4n) is 1.17. The Labute approximate surface area is 108 Å². The highest BCUT2D eigenvalue weighted by atomic mass is 79.9. The molecule has 0 amide bonds. The summed E-state index contributed by atoms with van der Waals surface area (Å²) in [5.74, 6) is -0.872. The van der Waals surface area contributed by atoms with E-state index in [2.05, 4.69) is 27.8 Å². The van der Waals surface area contributed by atoms with Crippen molar-refractivity contribution >= 4 is 27.6 Å². The van der Waals surface area contributed by atoms with Gasteiger partial charge in [-0.05, 0) is 35.0 Å². The minimum atomic E-state index is -0.479. The van der Waals surface area contributed by atoms with Gasteiger partial charge in [-0.15, -0.1) is 0 Å². The molecule has 1 rings (SSSR count). The number of carbonyl (C=O) groups excluding carboxylic acids is 1. The second kappa shape index (κ2) is 6.39. The van der Waals surface area contributed by atoms with Crippen molar-refractivity contribution < 1.29 is 13.9 Å². The first-order chi connectivity index (χ1) is 8.06. The minimum Gasteiger partial charge on any atom is -0.463 e. The highest BCUT2D eigenvalue weighted by molar-refractivity contribution is 9.10. The number of ether oxygens (including phenoxy) is 1. The maximum absolute atomic E-state index is 13.4. The maximum atomic E-state index is 13.4. The van der Waals surface area contributed by atoms with Crippen LogP contribution in [0.15, 0.2) is 34.8 Å². The average Bonchev–Trinajstić information content (AvgIpc) is 2.28. The van der Waals surface area contributed by atoms with Crippen molar-refractivity contribution in [2.24, 2.45) is 0 Å². The molecule has 0 spiro atoms. The van der Waals surface area contributed by atoms with Crippen molar-refractivity contribution in [2.75, 3.05) is 18.5 Å². The van der Waals surface area contributed by atoms with Gasteiger partial charge in [0.15, 0.2) is 0 Å². The Balaban J connectivity index is 2.62. The highest BCUT2D eigenvalue weighted by Gasteiger charge is 2.10. The number of nitrogens with one attached hydrogen (secondary N) is 1. The summed E-state index contributed by atoms with van der Waals surface area (Å²) in [6.45, 7) is 5.72. The van der Waals surface area contributed by atoms with Gasteiger partial charge in [0.1, 0.15) is 5.82 Å². The standard InChI is InChI=1S/C12H13BrFNO2/c1-3-17-12(16)8(2)7-15-11-9(13)5-4-6-10(11)14/h4-6,15H,2-3,7H2,1H3. The van der Waals surface area contributed by atoms with Crippen LogP contribution in [-0.2, 0) is 9.53 Å². The zero-order valence-electron chi connectivity index (χ0n) is 9.43. The molecule has 1 aromatic rings. The summed E-state index contributed by atoms with van der Waals surface area (Å²) in [6.07, 6.45) is 0. The number of benzene rings is 1. The lowest BCUT2D eigenvalue weighted by Crippen LogP contribution is -2.15. The molecule has 1 N–H and O–H groups in total. The van der Waals surface area contributed by atoms with Gasteiger partial charge >= 0.3 is 5.97 Å². The van der Waals surface area contributed by atoms with Crippen molar-refractivity contribution in [3.05, 3.63) is 40.6 Å². The van der Waals surface area contributed by atoms with Crippen molar-refractivity contribution in [3.8, 4) is 0 Å². The molecule has 0 heterocycles. The molecule has 0 aliphatic carbocycles. The Morgan fingerprint density at radius 3 is 2.88 bits per heavy atom. The molecule has 0 atom stereocenters. The first-order valence-electron chi connectivity index (χ1n) is 5.09. The smallest absolute Gasteiger partial charge is 0.335 e. The first kappa shape index (κ1) is 13.7. The molecule has 0 fully saturated rings. The molecule has 0 saturated carbocycles. The zero-order valence-corrected chi connectivity index (χ0v) is 11.0. The van der Waals surface area contributed by atoms with E-state index in [-0.39, 0.29) is 12.1 Å². The van der Waals surface area contributed by atoms with Crippen LogP contribution in [0.3, 0.4) is 0 Å². The van der Waals surface area contributed by atoms with E-state index in [1.165, 1.54) is 6.07 Å². The zero-order chi connectivity index (χ0) is 12.8. The normalized spacial score (nSPS) is 9.82. The third-order valence-corrected chi connectivity index (χ3v) is 2.67. The number of rotatable bonds is 5. The summed E-state index contributed by atoms with van der Waals surface area (Å²) in [7, 11) is 0. The van der Waals surface area contributed by atoms with Crippen molar-refractivity contribution in [1.82, 2.24) is 0 Å². The van der Waals surface area contributed by atoms with Gasteiger partial charge in [0.2, 0.25) is 0 Å². The van der Waals surface area contributed by atoms with Crippen LogP contribution in [0.2, 0.25) is 0 Å². The van der Waals surface area contributed by atoms with Crippen molar-refractivity contribution in [2.45, 2.75) is 6.92 Å². The van der Waals surface area contributed by atoms with Crippen LogP contribution in [-0.4, -0.2) is 19.1 Å². The lowest BCUT2D eigenvalue weighted by atomic mass is 10.2. The summed E-state index contributed by atoms with van der Waals surface area (Å²) < 4.78 is 18.8. The largest absolute Gasteiger partial charge is 0.463 e. The van der Waals surface area contributed by atoms with Gasteiger partial charge in [-0.1, -0.05) is 12.6 Å². The van der Waals surface area contributed by atoms with Gasteiger partial charge in [-0.3, -0.25) is 0 Å². The number of esters is 1. The molecule has 1 aromatic carbocycles. The molecule has 17 heavy (non-hydrogen) atoms. The Morgan fingerprint density at radius 1 is 1.59 bits per heavy atom. The Hall–Kier alpha value is -1.36. The van der Waals surface area contributed by atoms with Crippen LogP contribution in [0.25, 0.3) is 0 Å². The lowest BCUT2D eigenvalue weighted by Gasteiger charge is -2.10. The molecule has 0 radical (unpaired) electrons. The van der Waals surface area contributed by atoms with Gasteiger partial charge in [-0.2, -0.15) is 0 Å². The van der Waals surface area contributed by atoms with Gasteiger partial charge in [0, 0.05) is 16.6 Å². The Morgan fingerprint density at radius 2 is 2.29 bits per heavy atom. The van der Waals surface area contributed by atoms with Gasteiger partial charge in [0.25, 0.3) is 0 Å². The number of hydrogen-bond donors (Lipinski definition) is 1. The Kier molecular flexibility index (Phi) is 5.15. The van der Waals surface area contributed by atoms with E-state index >= 15 is 0 Å². The monoisotopic (exact) mass is 301 g/mol. The molecule has 0 unspecified atom stereocenters. The van der Waals surface area contributed by atoms with E-state index in [1.54, 1.807) is 19.1 Å².